The van der Waals surface area contributed by atoms with Crippen LogP contribution in [0.5, 0.6) is 5.75 Å². The number of fused-ring (bicyclic) bond motifs is 4. The number of alkyl halides is 1. The van der Waals surface area contributed by atoms with Crippen molar-refractivity contribution in [1.29, 1.82) is 0 Å². The van der Waals surface area contributed by atoms with Crippen molar-refractivity contribution in [3.8, 4) is 17.0 Å². The van der Waals surface area contributed by atoms with Crippen molar-refractivity contribution in [2.24, 2.45) is 0 Å². The number of rotatable bonds is 2. The summed E-state index contributed by atoms with van der Waals surface area (Å²) in [5, 5.41) is 22.8. The van der Waals surface area contributed by atoms with Gasteiger partial charge >= 0.3 is 0 Å². The number of phenols is 1. The minimum Gasteiger partial charge on any atom is -0.507 e. The van der Waals surface area contributed by atoms with Crippen LogP contribution in [0.4, 0.5) is 10.2 Å². The highest BCUT2D eigenvalue weighted by atomic mass is 19.1. The third kappa shape index (κ3) is 2.74. The van der Waals surface area contributed by atoms with Crippen LogP contribution in [0.1, 0.15) is 30.5 Å². The number of piperidine rings is 1. The van der Waals surface area contributed by atoms with Crippen LogP contribution in [0.3, 0.4) is 0 Å². The van der Waals surface area contributed by atoms with Crippen LogP contribution < -0.4 is 10.2 Å². The number of hydrogen-bond donors (Lipinski definition) is 2. The molecule has 30 heavy (non-hydrogen) atoms. The Labute approximate surface area is 173 Å². The highest BCUT2D eigenvalue weighted by molar-refractivity contribution is 5.84. The van der Waals surface area contributed by atoms with Crippen LogP contribution in [0.25, 0.3) is 22.3 Å². The zero-order chi connectivity index (χ0) is 20.4. The number of hydrogen-bond acceptors (Lipinski definition) is 7. The molecule has 8 heteroatoms. The van der Waals surface area contributed by atoms with Crippen LogP contribution >= 0.6 is 0 Å². The first-order chi connectivity index (χ1) is 14.6. The molecule has 2 bridgehead atoms. The number of anilines is 1. The van der Waals surface area contributed by atoms with Gasteiger partial charge in [0.1, 0.15) is 11.9 Å². The number of nitrogens with zero attached hydrogens (tertiary/aromatic N) is 5. The van der Waals surface area contributed by atoms with Gasteiger partial charge in [0, 0.05) is 42.0 Å². The zero-order valence-corrected chi connectivity index (χ0v) is 16.7. The van der Waals surface area contributed by atoms with Gasteiger partial charge in [0.2, 0.25) is 0 Å². The lowest BCUT2D eigenvalue weighted by atomic mass is 9.96. The standard InChI is InChI=1S/C22H23FN6O/c1-11-10-24-17-8-14(20(30)9-18(17)25-11)16-6-12-4-5-29(22(12)28-27-16)19-7-13-2-3-15(26-13)21(19)23/h6,8-10,13,15,19,21,26,30H,2-5,7H2,1H3/t13?,15?,19?,21-/m0/s1. The molecule has 0 amide bonds. The summed E-state index contributed by atoms with van der Waals surface area (Å²) in [5.41, 5.74) is 4.36. The summed E-state index contributed by atoms with van der Waals surface area (Å²) in [6, 6.07) is 5.60. The average Bonchev–Trinajstić information content (AvgIpc) is 3.34. The van der Waals surface area contributed by atoms with Crippen molar-refractivity contribution in [2.75, 3.05) is 11.4 Å². The highest BCUT2D eigenvalue weighted by Gasteiger charge is 2.46. The molecule has 6 rings (SSSR count). The molecule has 2 aromatic heterocycles. The van der Waals surface area contributed by atoms with Crippen molar-refractivity contribution in [3.63, 3.8) is 0 Å². The van der Waals surface area contributed by atoms with Crippen molar-refractivity contribution < 1.29 is 9.50 Å². The first-order valence-corrected chi connectivity index (χ1v) is 10.6. The van der Waals surface area contributed by atoms with E-state index in [-0.39, 0.29) is 17.8 Å². The molecule has 2 saturated heterocycles. The maximum absolute atomic E-state index is 15.1. The quantitative estimate of drug-likeness (QED) is 0.677. The molecule has 0 spiro atoms. The molecule has 154 valence electrons. The Bertz CT molecular complexity index is 1150. The second kappa shape index (κ2) is 6.57. The highest BCUT2D eigenvalue weighted by Crippen LogP contribution is 2.39. The maximum Gasteiger partial charge on any atom is 0.154 e. The van der Waals surface area contributed by atoms with Gasteiger partial charge in [0.05, 0.1) is 28.5 Å². The summed E-state index contributed by atoms with van der Waals surface area (Å²) >= 11 is 0. The fraction of sp³-hybridized carbons (Fsp3) is 0.455. The largest absolute Gasteiger partial charge is 0.507 e. The van der Waals surface area contributed by atoms with E-state index in [2.05, 4.69) is 30.4 Å². The van der Waals surface area contributed by atoms with E-state index in [4.69, 9.17) is 0 Å². The molecule has 2 N–H and O–H groups in total. The van der Waals surface area contributed by atoms with Crippen molar-refractivity contribution in [1.82, 2.24) is 25.5 Å². The Balaban J connectivity index is 1.35. The van der Waals surface area contributed by atoms with Crippen molar-refractivity contribution >= 4 is 16.9 Å². The normalized spacial score (nSPS) is 27.6. The van der Waals surface area contributed by atoms with Gasteiger partial charge in [0.15, 0.2) is 5.82 Å². The van der Waals surface area contributed by atoms with E-state index in [0.29, 0.717) is 28.3 Å². The summed E-state index contributed by atoms with van der Waals surface area (Å²) in [5.74, 6) is 0.883. The summed E-state index contributed by atoms with van der Waals surface area (Å²) < 4.78 is 15.1. The van der Waals surface area contributed by atoms with Crippen molar-refractivity contribution in [2.45, 2.75) is 56.9 Å². The van der Waals surface area contributed by atoms with Gasteiger partial charge in [0.25, 0.3) is 0 Å². The second-order valence-corrected chi connectivity index (χ2v) is 8.69. The Kier molecular flexibility index (Phi) is 3.93. The molecule has 5 heterocycles. The predicted molar refractivity (Wildman–Crippen MR) is 111 cm³/mol. The summed E-state index contributed by atoms with van der Waals surface area (Å²) in [6.07, 6.45) is 4.40. The van der Waals surface area contributed by atoms with E-state index in [9.17, 15) is 5.11 Å². The number of benzene rings is 1. The second-order valence-electron chi connectivity index (χ2n) is 8.69. The van der Waals surface area contributed by atoms with E-state index in [0.717, 1.165) is 49.3 Å². The summed E-state index contributed by atoms with van der Waals surface area (Å²) in [6.45, 7) is 2.62. The number of halogens is 1. The first kappa shape index (κ1) is 17.9. The molecule has 3 unspecified atom stereocenters. The number of nitrogens with one attached hydrogen (secondary N) is 1. The Morgan fingerprint density at radius 1 is 1.17 bits per heavy atom. The van der Waals surface area contributed by atoms with Gasteiger partial charge in [-0.2, -0.15) is 0 Å². The third-order valence-electron chi connectivity index (χ3n) is 6.76. The lowest BCUT2D eigenvalue weighted by Crippen LogP contribution is -2.56. The van der Waals surface area contributed by atoms with Crippen LogP contribution in [0.2, 0.25) is 0 Å². The predicted octanol–water partition coefficient (Wildman–Crippen LogP) is 2.69. The third-order valence-corrected chi connectivity index (χ3v) is 6.76. The number of phenolic OH excluding ortho intramolecular Hbond substituents is 1. The molecular formula is C22H23FN6O. The van der Waals surface area contributed by atoms with E-state index in [1.807, 2.05) is 13.0 Å². The molecule has 3 aromatic rings. The Hall–Kier alpha value is -2.87. The molecule has 7 nitrogen and oxygen atoms in total. The maximum atomic E-state index is 15.1. The molecule has 2 fully saturated rings. The molecule has 4 atom stereocenters. The molecule has 0 aliphatic carbocycles. The lowest BCUT2D eigenvalue weighted by Gasteiger charge is -2.39. The first-order valence-electron chi connectivity index (χ1n) is 10.6. The number of aromatic hydroxyl groups is 1. The van der Waals surface area contributed by atoms with Crippen LogP contribution in [0.15, 0.2) is 24.4 Å². The Morgan fingerprint density at radius 2 is 2.07 bits per heavy atom. The molecule has 1 aromatic carbocycles. The van der Waals surface area contributed by atoms with Crippen LogP contribution in [-0.4, -0.2) is 56.1 Å². The van der Waals surface area contributed by atoms with E-state index in [1.165, 1.54) is 0 Å². The minimum atomic E-state index is -0.886. The van der Waals surface area contributed by atoms with Gasteiger partial charge in [-0.15, -0.1) is 10.2 Å². The van der Waals surface area contributed by atoms with Gasteiger partial charge < -0.3 is 15.3 Å². The average molecular weight is 406 g/mol. The topological polar surface area (TPSA) is 87.1 Å². The SMILES string of the molecule is Cc1cnc2cc(-c3cc4c(nn3)N(C3CC5CCC(N5)[C@@H]3F)CC4)c(O)cc2n1. The molecule has 0 saturated carbocycles. The van der Waals surface area contributed by atoms with Crippen molar-refractivity contribution in [3.05, 3.63) is 35.7 Å². The zero-order valence-electron chi connectivity index (χ0n) is 16.7. The number of aromatic nitrogens is 4. The van der Waals surface area contributed by atoms with Gasteiger partial charge in [-0.25, -0.2) is 9.37 Å². The van der Waals surface area contributed by atoms with Crippen LogP contribution in [-0.2, 0) is 6.42 Å². The summed E-state index contributed by atoms with van der Waals surface area (Å²) in [4.78, 5) is 10.9. The molecule has 3 aliphatic heterocycles. The monoisotopic (exact) mass is 406 g/mol. The summed E-state index contributed by atoms with van der Waals surface area (Å²) in [7, 11) is 0. The number of aryl methyl sites for hydroxylation is 1. The molecular weight excluding hydrogens is 383 g/mol. The fourth-order valence-corrected chi connectivity index (χ4v) is 5.27. The fourth-order valence-electron chi connectivity index (χ4n) is 5.27. The van der Waals surface area contributed by atoms with Gasteiger partial charge in [-0.05, 0) is 44.7 Å². The van der Waals surface area contributed by atoms with E-state index < -0.39 is 6.17 Å². The minimum absolute atomic E-state index is 0.0377. The van der Waals surface area contributed by atoms with Gasteiger partial charge in [-0.1, -0.05) is 0 Å². The smallest absolute Gasteiger partial charge is 0.154 e. The van der Waals surface area contributed by atoms with Gasteiger partial charge in [-0.3, -0.25) is 4.98 Å². The van der Waals surface area contributed by atoms with E-state index >= 15 is 4.39 Å². The molecule has 3 aliphatic rings. The van der Waals surface area contributed by atoms with E-state index in [1.54, 1.807) is 18.3 Å². The molecule has 0 radical (unpaired) electrons. The lowest BCUT2D eigenvalue weighted by molar-refractivity contribution is 0.174. The Morgan fingerprint density at radius 3 is 2.97 bits per heavy atom. The van der Waals surface area contributed by atoms with Crippen LogP contribution in [0, 0.1) is 6.92 Å².